The highest BCUT2D eigenvalue weighted by molar-refractivity contribution is 6.09. The number of hydrogen-bond acceptors (Lipinski definition) is 3. The van der Waals surface area contributed by atoms with Crippen molar-refractivity contribution < 1.29 is 28.3 Å². The molecule has 6 nitrogen and oxygen atoms in total. The highest BCUT2D eigenvalue weighted by atomic mass is 19.2. The van der Waals surface area contributed by atoms with Gasteiger partial charge >= 0.3 is 5.97 Å². The Kier molecular flexibility index (Phi) is 4.92. The molecule has 1 heterocycles. The molecule has 2 amide bonds. The molecule has 0 radical (unpaired) electrons. The lowest BCUT2D eigenvalue weighted by atomic mass is 10.1. The Hall–Kier alpha value is -2.51. The fourth-order valence-corrected chi connectivity index (χ4v) is 2.46. The second-order valence-electron chi connectivity index (χ2n) is 5.33. The van der Waals surface area contributed by atoms with E-state index in [1.54, 1.807) is 0 Å². The number of benzene rings is 1. The van der Waals surface area contributed by atoms with Gasteiger partial charge in [-0.1, -0.05) is 0 Å². The monoisotopic (exact) mass is 326 g/mol. The van der Waals surface area contributed by atoms with E-state index in [0.717, 1.165) is 12.1 Å². The van der Waals surface area contributed by atoms with Crippen molar-refractivity contribution in [3.63, 3.8) is 0 Å². The lowest BCUT2D eigenvalue weighted by Crippen LogP contribution is -2.39. The fraction of sp³-hybridized carbons (Fsp3) is 0.400. The van der Waals surface area contributed by atoms with Crippen LogP contribution >= 0.6 is 0 Å². The topological polar surface area (TPSA) is 77.9 Å². The number of hydrogen-bond donors (Lipinski definition) is 1. The highest BCUT2D eigenvalue weighted by Crippen LogP contribution is 2.27. The summed E-state index contributed by atoms with van der Waals surface area (Å²) >= 11 is 0. The van der Waals surface area contributed by atoms with Gasteiger partial charge in [-0.15, -0.1) is 0 Å². The third-order valence-electron chi connectivity index (χ3n) is 3.76. The Balaban J connectivity index is 2.07. The lowest BCUT2D eigenvalue weighted by Gasteiger charge is -2.20. The van der Waals surface area contributed by atoms with E-state index < -0.39 is 35.3 Å². The maximum atomic E-state index is 13.3. The zero-order chi connectivity index (χ0) is 17.1. The summed E-state index contributed by atoms with van der Waals surface area (Å²) in [5.74, 6) is -5.01. The smallest absolute Gasteiger partial charge is 0.305 e. The van der Waals surface area contributed by atoms with Crippen LogP contribution in [0.1, 0.15) is 12.8 Å². The molecule has 2 rings (SSSR count). The van der Waals surface area contributed by atoms with Gasteiger partial charge in [-0.3, -0.25) is 14.4 Å². The largest absolute Gasteiger partial charge is 0.481 e. The molecular formula is C15H16F2N2O4. The maximum Gasteiger partial charge on any atom is 0.305 e. The van der Waals surface area contributed by atoms with E-state index in [1.807, 2.05) is 0 Å². The van der Waals surface area contributed by atoms with Crippen molar-refractivity contribution in [2.75, 3.05) is 25.0 Å². The van der Waals surface area contributed by atoms with E-state index >= 15 is 0 Å². The molecule has 0 bridgehead atoms. The average Bonchev–Trinajstić information content (AvgIpc) is 2.88. The summed E-state index contributed by atoms with van der Waals surface area (Å²) in [5.41, 5.74) is 0.192. The first kappa shape index (κ1) is 16.9. The normalized spacial score (nSPS) is 17.4. The van der Waals surface area contributed by atoms with Gasteiger partial charge in [0, 0.05) is 31.9 Å². The van der Waals surface area contributed by atoms with E-state index in [0.29, 0.717) is 0 Å². The number of halogens is 2. The number of carboxylic acids is 1. The molecular weight excluding hydrogens is 310 g/mol. The zero-order valence-corrected chi connectivity index (χ0v) is 12.5. The Bertz CT molecular complexity index is 650. The number of amides is 2. The number of carbonyl (C=O) groups excluding carboxylic acids is 2. The van der Waals surface area contributed by atoms with Crippen LogP contribution in [-0.4, -0.2) is 47.9 Å². The van der Waals surface area contributed by atoms with Crippen LogP contribution in [0.4, 0.5) is 14.5 Å². The quantitative estimate of drug-likeness (QED) is 0.826. The molecule has 1 aromatic rings. The Morgan fingerprint density at radius 1 is 1.35 bits per heavy atom. The van der Waals surface area contributed by atoms with E-state index in [1.165, 1.54) is 22.9 Å². The molecule has 0 aromatic heterocycles. The predicted octanol–water partition coefficient (Wildman–Crippen LogP) is 1.25. The summed E-state index contributed by atoms with van der Waals surface area (Å²) in [7, 11) is 1.43. The van der Waals surface area contributed by atoms with Crippen molar-refractivity contribution in [1.82, 2.24) is 4.90 Å². The first-order valence-corrected chi connectivity index (χ1v) is 7.04. The van der Waals surface area contributed by atoms with E-state index in [-0.39, 0.29) is 31.6 Å². The van der Waals surface area contributed by atoms with Crippen LogP contribution in [0, 0.1) is 17.6 Å². The van der Waals surface area contributed by atoms with Crippen LogP contribution < -0.4 is 4.90 Å². The molecule has 1 atom stereocenters. The molecule has 23 heavy (non-hydrogen) atoms. The average molecular weight is 326 g/mol. The van der Waals surface area contributed by atoms with Gasteiger partial charge in [-0.25, -0.2) is 8.78 Å². The first-order chi connectivity index (χ1) is 10.8. The van der Waals surface area contributed by atoms with Crippen LogP contribution in [0.15, 0.2) is 18.2 Å². The highest BCUT2D eigenvalue weighted by Gasteiger charge is 2.39. The van der Waals surface area contributed by atoms with E-state index in [9.17, 15) is 23.2 Å². The summed E-state index contributed by atoms with van der Waals surface area (Å²) in [6, 6.07) is 3.11. The van der Waals surface area contributed by atoms with Crippen LogP contribution in [0.5, 0.6) is 0 Å². The molecule has 1 fully saturated rings. The Morgan fingerprint density at radius 2 is 2.04 bits per heavy atom. The van der Waals surface area contributed by atoms with Gasteiger partial charge in [-0.2, -0.15) is 0 Å². The lowest BCUT2D eigenvalue weighted by molar-refractivity contribution is -0.140. The first-order valence-electron chi connectivity index (χ1n) is 7.04. The molecule has 1 aromatic carbocycles. The fourth-order valence-electron chi connectivity index (χ4n) is 2.46. The SMILES string of the molecule is CN(CCC(=O)O)C(=O)[C@@H]1CCN(c2ccc(F)c(F)c2)C1=O. The molecule has 1 N–H and O–H groups in total. The minimum absolute atomic E-state index is 0.00310. The van der Waals surface area contributed by atoms with Crippen LogP contribution in [0.3, 0.4) is 0 Å². The van der Waals surface area contributed by atoms with Crippen molar-refractivity contribution in [1.29, 1.82) is 0 Å². The number of carboxylic acid groups (broad SMARTS) is 1. The summed E-state index contributed by atoms with van der Waals surface area (Å²) in [6.07, 6.45) is 0.0319. The van der Waals surface area contributed by atoms with Crippen molar-refractivity contribution in [2.24, 2.45) is 5.92 Å². The van der Waals surface area contributed by atoms with Crippen LogP contribution in [-0.2, 0) is 14.4 Å². The van der Waals surface area contributed by atoms with Crippen LogP contribution in [0.25, 0.3) is 0 Å². The van der Waals surface area contributed by atoms with Crippen molar-refractivity contribution in [3.05, 3.63) is 29.8 Å². The number of carbonyl (C=O) groups is 3. The van der Waals surface area contributed by atoms with Crippen molar-refractivity contribution >= 4 is 23.5 Å². The van der Waals surface area contributed by atoms with Crippen LogP contribution in [0.2, 0.25) is 0 Å². The minimum Gasteiger partial charge on any atom is -0.481 e. The standard InChI is InChI=1S/C15H16F2N2O4/c1-18(6-5-13(20)21)14(22)10-4-7-19(15(10)23)9-2-3-11(16)12(17)8-9/h2-3,8,10H,4-7H2,1H3,(H,20,21)/t10-/m0/s1. The molecule has 8 heteroatoms. The molecule has 0 aliphatic carbocycles. The molecule has 1 aliphatic rings. The molecule has 0 unspecified atom stereocenters. The second-order valence-corrected chi connectivity index (χ2v) is 5.33. The summed E-state index contributed by atoms with van der Waals surface area (Å²) in [4.78, 5) is 37.5. The molecule has 1 aliphatic heterocycles. The second kappa shape index (κ2) is 6.72. The molecule has 124 valence electrons. The van der Waals surface area contributed by atoms with Gasteiger partial charge in [-0.05, 0) is 18.6 Å². The van der Waals surface area contributed by atoms with Gasteiger partial charge in [0.15, 0.2) is 11.6 Å². The molecule has 0 saturated carbocycles. The van der Waals surface area contributed by atoms with E-state index in [2.05, 4.69) is 0 Å². The Morgan fingerprint density at radius 3 is 2.65 bits per heavy atom. The number of rotatable bonds is 5. The summed E-state index contributed by atoms with van der Waals surface area (Å²) in [6.45, 7) is 0.218. The summed E-state index contributed by atoms with van der Waals surface area (Å²) < 4.78 is 26.2. The van der Waals surface area contributed by atoms with E-state index in [4.69, 9.17) is 5.11 Å². The van der Waals surface area contributed by atoms with Gasteiger partial charge in [0.25, 0.3) is 0 Å². The number of anilines is 1. The van der Waals surface area contributed by atoms with Gasteiger partial charge < -0.3 is 14.9 Å². The van der Waals surface area contributed by atoms with Gasteiger partial charge in [0.1, 0.15) is 5.92 Å². The summed E-state index contributed by atoms with van der Waals surface area (Å²) in [5, 5.41) is 8.62. The van der Waals surface area contributed by atoms with Gasteiger partial charge in [0.05, 0.1) is 6.42 Å². The van der Waals surface area contributed by atoms with Gasteiger partial charge in [0.2, 0.25) is 11.8 Å². The zero-order valence-electron chi connectivity index (χ0n) is 12.5. The van der Waals surface area contributed by atoms with Crippen molar-refractivity contribution in [2.45, 2.75) is 12.8 Å². The number of nitrogens with zero attached hydrogens (tertiary/aromatic N) is 2. The Labute approximate surface area is 131 Å². The third-order valence-corrected chi connectivity index (χ3v) is 3.76. The van der Waals surface area contributed by atoms with Crippen molar-refractivity contribution in [3.8, 4) is 0 Å². The molecule has 0 spiro atoms. The predicted molar refractivity (Wildman–Crippen MR) is 76.7 cm³/mol. The number of aliphatic carboxylic acids is 1. The third kappa shape index (κ3) is 3.64. The minimum atomic E-state index is -1.07. The maximum absolute atomic E-state index is 13.3. The molecule has 1 saturated heterocycles.